The first-order chi connectivity index (χ1) is 14.1. The van der Waals surface area contributed by atoms with Crippen molar-refractivity contribution in [1.29, 1.82) is 0 Å². The summed E-state index contributed by atoms with van der Waals surface area (Å²) in [5.41, 5.74) is 0.607. The molecule has 8 nitrogen and oxygen atoms in total. The third-order valence-corrected chi connectivity index (χ3v) is 6.59. The Morgan fingerprint density at radius 2 is 2.00 bits per heavy atom. The Hall–Kier alpha value is -2.69. The van der Waals surface area contributed by atoms with Gasteiger partial charge in [-0.2, -0.15) is 12.7 Å². The van der Waals surface area contributed by atoms with Gasteiger partial charge in [0.05, 0.1) is 22.9 Å². The second-order valence-corrected chi connectivity index (χ2v) is 8.76. The van der Waals surface area contributed by atoms with Gasteiger partial charge >= 0.3 is 10.2 Å². The van der Waals surface area contributed by atoms with Crippen LogP contribution in [-0.4, -0.2) is 35.9 Å². The van der Waals surface area contributed by atoms with Crippen LogP contribution in [0.3, 0.4) is 0 Å². The van der Waals surface area contributed by atoms with Gasteiger partial charge in [0.1, 0.15) is 10.8 Å². The van der Waals surface area contributed by atoms with Crippen molar-refractivity contribution in [1.82, 2.24) is 13.9 Å². The average molecular weight is 455 g/mol. The van der Waals surface area contributed by atoms with Gasteiger partial charge in [-0.15, -0.1) is 0 Å². The zero-order valence-electron chi connectivity index (χ0n) is 16.7. The van der Waals surface area contributed by atoms with Crippen molar-refractivity contribution in [2.45, 2.75) is 13.8 Å². The molecule has 0 fully saturated rings. The molecule has 160 valence electrons. The van der Waals surface area contributed by atoms with Crippen LogP contribution in [0.15, 0.2) is 35.4 Å². The summed E-state index contributed by atoms with van der Waals surface area (Å²) in [5.74, 6) is -0.955. The van der Waals surface area contributed by atoms with Crippen LogP contribution in [-0.2, 0) is 17.3 Å². The fraction of sp³-hybridized carbons (Fsp3) is 0.263. The minimum atomic E-state index is -3.87. The number of hydrogen-bond acceptors (Lipinski definition) is 5. The minimum Gasteiger partial charge on any atom is -0.452 e. The molecule has 2 aromatic carbocycles. The number of anilines is 1. The Labute approximate surface area is 178 Å². The number of aryl methyl sites for hydroxylation is 2. The molecule has 0 atom stereocenters. The number of hydrogen-bond donors (Lipinski definition) is 1. The van der Waals surface area contributed by atoms with E-state index in [-0.39, 0.29) is 34.3 Å². The summed E-state index contributed by atoms with van der Waals surface area (Å²) in [6.07, 6.45) is 1.41. The lowest BCUT2D eigenvalue weighted by atomic mass is 10.1. The minimum absolute atomic E-state index is 0.0376. The van der Waals surface area contributed by atoms with E-state index in [1.54, 1.807) is 33.0 Å². The Bertz CT molecular complexity index is 1290. The van der Waals surface area contributed by atoms with Gasteiger partial charge in [-0.05, 0) is 31.2 Å². The van der Waals surface area contributed by atoms with E-state index in [1.807, 2.05) is 0 Å². The Kier molecular flexibility index (Phi) is 6.02. The molecule has 3 aromatic rings. The molecule has 0 amide bonds. The molecule has 11 heteroatoms. The highest BCUT2D eigenvalue weighted by atomic mass is 35.5. The summed E-state index contributed by atoms with van der Waals surface area (Å²) >= 11 is 6.26. The predicted molar refractivity (Wildman–Crippen MR) is 114 cm³/mol. The first-order valence-electron chi connectivity index (χ1n) is 8.91. The summed E-state index contributed by atoms with van der Waals surface area (Å²) < 4.78 is 49.4. The number of halogens is 2. The molecule has 30 heavy (non-hydrogen) atoms. The highest BCUT2D eigenvalue weighted by Gasteiger charge is 2.22. The third kappa shape index (κ3) is 3.98. The van der Waals surface area contributed by atoms with E-state index in [0.29, 0.717) is 16.5 Å². The van der Waals surface area contributed by atoms with Crippen molar-refractivity contribution >= 4 is 38.4 Å². The van der Waals surface area contributed by atoms with Crippen molar-refractivity contribution in [3.8, 4) is 11.5 Å². The number of ether oxygens (including phenoxy) is 1. The lowest BCUT2D eigenvalue weighted by Gasteiger charge is -2.18. The molecule has 1 heterocycles. The molecule has 0 aliphatic heterocycles. The van der Waals surface area contributed by atoms with Gasteiger partial charge in [0.25, 0.3) is 5.56 Å². The largest absolute Gasteiger partial charge is 0.452 e. The van der Waals surface area contributed by atoms with Gasteiger partial charge in [-0.1, -0.05) is 18.5 Å². The molecular formula is C19H20ClFN4O4S. The van der Waals surface area contributed by atoms with Gasteiger partial charge in [0, 0.05) is 26.2 Å². The summed E-state index contributed by atoms with van der Waals surface area (Å²) in [6, 6.07) is 5.37. The Morgan fingerprint density at radius 1 is 1.30 bits per heavy atom. The second-order valence-electron chi connectivity index (χ2n) is 6.60. The number of aromatic nitrogens is 2. The lowest BCUT2D eigenvalue weighted by Crippen LogP contribution is -2.32. The number of fused-ring (bicyclic) bond motifs is 1. The van der Waals surface area contributed by atoms with Crippen molar-refractivity contribution < 1.29 is 17.5 Å². The summed E-state index contributed by atoms with van der Waals surface area (Å²) in [7, 11) is -0.904. The van der Waals surface area contributed by atoms with Crippen LogP contribution >= 0.6 is 11.6 Å². The maximum Gasteiger partial charge on any atom is 0.301 e. The number of benzene rings is 2. The molecule has 1 aromatic heterocycles. The normalized spacial score (nSPS) is 11.8. The first-order valence-corrected chi connectivity index (χ1v) is 10.7. The van der Waals surface area contributed by atoms with Crippen molar-refractivity contribution in [3.05, 3.63) is 57.3 Å². The van der Waals surface area contributed by atoms with E-state index in [4.69, 9.17) is 16.3 Å². The van der Waals surface area contributed by atoms with Gasteiger partial charge in [0.2, 0.25) is 0 Å². The van der Waals surface area contributed by atoms with E-state index in [0.717, 1.165) is 10.4 Å². The van der Waals surface area contributed by atoms with Crippen LogP contribution in [0.25, 0.3) is 10.9 Å². The van der Waals surface area contributed by atoms with E-state index in [9.17, 15) is 17.6 Å². The first kappa shape index (κ1) is 22.0. The summed E-state index contributed by atoms with van der Waals surface area (Å²) in [4.78, 5) is 16.7. The Morgan fingerprint density at radius 3 is 2.67 bits per heavy atom. The standard InChI is InChI=1S/C19H20ClFN4O4S/c1-5-25(4)30(27,28)23-14-7-6-12(21)18(17(14)20)29-15-9-8-13-16(11(15)2)19(26)24(3)10-22-13/h6-10,23H,5H2,1-4H3. The maximum absolute atomic E-state index is 14.5. The van der Waals surface area contributed by atoms with Gasteiger partial charge in [-0.25, -0.2) is 9.37 Å². The second kappa shape index (κ2) is 8.21. The molecule has 0 unspecified atom stereocenters. The molecule has 3 rings (SSSR count). The van der Waals surface area contributed by atoms with Crippen LogP contribution in [0.4, 0.5) is 10.1 Å². The van der Waals surface area contributed by atoms with Crippen LogP contribution in [0.1, 0.15) is 12.5 Å². The van der Waals surface area contributed by atoms with Crippen molar-refractivity contribution in [2.24, 2.45) is 7.05 Å². The molecule has 0 bridgehead atoms. The SMILES string of the molecule is CCN(C)S(=O)(=O)Nc1ccc(F)c(Oc2ccc3ncn(C)c(=O)c3c2C)c1Cl. The fourth-order valence-corrected chi connectivity index (χ4v) is 3.98. The topological polar surface area (TPSA) is 93.5 Å². The molecule has 0 saturated heterocycles. The highest BCUT2D eigenvalue weighted by Crippen LogP contribution is 2.39. The van der Waals surface area contributed by atoms with Gasteiger partial charge in [0.15, 0.2) is 11.6 Å². The van der Waals surface area contributed by atoms with Crippen LogP contribution < -0.4 is 15.0 Å². The third-order valence-electron chi connectivity index (χ3n) is 4.65. The highest BCUT2D eigenvalue weighted by molar-refractivity contribution is 7.90. The van der Waals surface area contributed by atoms with E-state index >= 15 is 0 Å². The zero-order chi connectivity index (χ0) is 22.2. The molecule has 0 saturated carbocycles. The fourth-order valence-electron chi connectivity index (χ4n) is 2.75. The zero-order valence-corrected chi connectivity index (χ0v) is 18.3. The van der Waals surface area contributed by atoms with E-state index < -0.39 is 16.0 Å². The molecule has 1 N–H and O–H groups in total. The molecule has 0 radical (unpaired) electrons. The van der Waals surface area contributed by atoms with Gasteiger partial charge in [-0.3, -0.25) is 9.52 Å². The summed E-state index contributed by atoms with van der Waals surface area (Å²) in [5, 5.41) is 0.0807. The average Bonchev–Trinajstić information content (AvgIpc) is 2.70. The lowest BCUT2D eigenvalue weighted by molar-refractivity contribution is 0.440. The van der Waals surface area contributed by atoms with Crippen molar-refractivity contribution in [2.75, 3.05) is 18.3 Å². The number of rotatable bonds is 6. The smallest absolute Gasteiger partial charge is 0.301 e. The summed E-state index contributed by atoms with van der Waals surface area (Å²) in [6.45, 7) is 3.55. The van der Waals surface area contributed by atoms with Crippen LogP contribution in [0.5, 0.6) is 11.5 Å². The van der Waals surface area contributed by atoms with Crippen LogP contribution in [0, 0.1) is 12.7 Å². The quantitative estimate of drug-likeness (QED) is 0.615. The number of nitrogens with zero attached hydrogens (tertiary/aromatic N) is 3. The van der Waals surface area contributed by atoms with Crippen molar-refractivity contribution in [3.63, 3.8) is 0 Å². The molecule has 0 aliphatic carbocycles. The van der Waals surface area contributed by atoms with E-state index in [1.165, 1.54) is 24.0 Å². The molecular weight excluding hydrogens is 435 g/mol. The van der Waals surface area contributed by atoms with E-state index in [2.05, 4.69) is 9.71 Å². The number of nitrogens with one attached hydrogen (secondary N) is 1. The molecule has 0 aliphatic rings. The van der Waals surface area contributed by atoms with Gasteiger partial charge < -0.3 is 9.30 Å². The van der Waals surface area contributed by atoms with Crippen LogP contribution in [0.2, 0.25) is 5.02 Å². The Balaban J connectivity index is 2.07. The predicted octanol–water partition coefficient (Wildman–Crippen LogP) is 3.44. The molecule has 0 spiro atoms. The monoisotopic (exact) mass is 454 g/mol. The maximum atomic E-state index is 14.5.